The summed E-state index contributed by atoms with van der Waals surface area (Å²) in [5, 5.41) is 9.23. The molecular weight excluding hydrogens is 200 g/mol. The molecule has 3 nitrogen and oxygen atoms in total. The lowest BCUT2D eigenvalue weighted by Crippen LogP contribution is -2.07. The summed E-state index contributed by atoms with van der Waals surface area (Å²) in [6.45, 7) is 0.772. The molecule has 0 aliphatic heterocycles. The number of nitrogens with zero attached hydrogens (tertiary/aromatic N) is 2. The Kier molecular flexibility index (Phi) is 3.02. The van der Waals surface area contributed by atoms with Gasteiger partial charge in [0, 0.05) is 30.6 Å². The SMILES string of the molecule is N#CCCCn1ccc(=O)c2ccccc21. The molecule has 1 aromatic heterocycles. The van der Waals surface area contributed by atoms with E-state index in [1.807, 2.05) is 28.8 Å². The smallest absolute Gasteiger partial charge is 0.189 e. The van der Waals surface area contributed by atoms with Gasteiger partial charge >= 0.3 is 0 Å². The lowest BCUT2D eigenvalue weighted by molar-refractivity contribution is 0.669. The fourth-order valence-electron chi connectivity index (χ4n) is 1.78. The molecular formula is C13H12N2O. The quantitative estimate of drug-likeness (QED) is 0.733. The number of rotatable bonds is 3. The van der Waals surface area contributed by atoms with Crippen molar-refractivity contribution in [2.75, 3.05) is 0 Å². The van der Waals surface area contributed by atoms with Gasteiger partial charge in [0.2, 0.25) is 0 Å². The average molecular weight is 212 g/mol. The Morgan fingerprint density at radius 1 is 1.25 bits per heavy atom. The first-order valence-electron chi connectivity index (χ1n) is 5.28. The molecule has 2 aromatic rings. The number of pyridine rings is 1. The standard InChI is InChI=1S/C13H12N2O/c14-8-3-4-9-15-10-7-13(16)11-5-1-2-6-12(11)15/h1-2,5-7,10H,3-4,9H2. The highest BCUT2D eigenvalue weighted by molar-refractivity contribution is 5.78. The number of benzene rings is 1. The molecule has 0 aliphatic carbocycles. The molecule has 0 atom stereocenters. The summed E-state index contributed by atoms with van der Waals surface area (Å²) in [5.41, 5.74) is 0.986. The van der Waals surface area contributed by atoms with E-state index < -0.39 is 0 Å². The summed E-state index contributed by atoms with van der Waals surface area (Å²) < 4.78 is 2.02. The Morgan fingerprint density at radius 2 is 2.06 bits per heavy atom. The van der Waals surface area contributed by atoms with Crippen LogP contribution < -0.4 is 5.43 Å². The van der Waals surface area contributed by atoms with Crippen LogP contribution in [0.15, 0.2) is 41.3 Å². The van der Waals surface area contributed by atoms with Crippen LogP contribution in [0.5, 0.6) is 0 Å². The number of aromatic nitrogens is 1. The molecule has 0 saturated heterocycles. The van der Waals surface area contributed by atoms with E-state index in [1.54, 1.807) is 12.3 Å². The Labute approximate surface area is 93.6 Å². The highest BCUT2D eigenvalue weighted by atomic mass is 16.1. The van der Waals surface area contributed by atoms with Gasteiger partial charge in [-0.15, -0.1) is 0 Å². The van der Waals surface area contributed by atoms with E-state index in [2.05, 4.69) is 6.07 Å². The van der Waals surface area contributed by atoms with Crippen molar-refractivity contribution in [3.8, 4) is 6.07 Å². The van der Waals surface area contributed by atoms with Crippen LogP contribution in [0.4, 0.5) is 0 Å². The van der Waals surface area contributed by atoms with Crippen molar-refractivity contribution in [3.63, 3.8) is 0 Å². The van der Waals surface area contributed by atoms with Crippen LogP contribution in [-0.2, 0) is 6.54 Å². The molecule has 0 aliphatic rings. The highest BCUT2D eigenvalue weighted by Crippen LogP contribution is 2.10. The Bertz CT molecular complexity index is 593. The third kappa shape index (κ3) is 1.96. The lowest BCUT2D eigenvalue weighted by atomic mass is 10.2. The molecule has 0 bridgehead atoms. The normalized spacial score (nSPS) is 10.2. The van der Waals surface area contributed by atoms with Crippen LogP contribution in [0.3, 0.4) is 0 Å². The molecule has 0 amide bonds. The van der Waals surface area contributed by atoms with Gasteiger partial charge in [-0.25, -0.2) is 0 Å². The molecule has 16 heavy (non-hydrogen) atoms. The Morgan fingerprint density at radius 3 is 2.88 bits per heavy atom. The molecule has 0 N–H and O–H groups in total. The molecule has 0 radical (unpaired) electrons. The molecule has 0 fully saturated rings. The van der Waals surface area contributed by atoms with Crippen LogP contribution in [0.1, 0.15) is 12.8 Å². The summed E-state index contributed by atoms with van der Waals surface area (Å²) in [4.78, 5) is 11.6. The zero-order valence-corrected chi connectivity index (χ0v) is 8.89. The molecule has 1 heterocycles. The third-order valence-corrected chi connectivity index (χ3v) is 2.57. The van der Waals surface area contributed by atoms with Gasteiger partial charge in [-0.05, 0) is 18.6 Å². The van der Waals surface area contributed by atoms with E-state index in [4.69, 9.17) is 5.26 Å². The largest absolute Gasteiger partial charge is 0.347 e. The summed E-state index contributed by atoms with van der Waals surface area (Å²) in [6, 6.07) is 11.2. The molecule has 3 heteroatoms. The van der Waals surface area contributed by atoms with Gasteiger partial charge in [-0.2, -0.15) is 5.26 Å². The van der Waals surface area contributed by atoms with Gasteiger partial charge < -0.3 is 4.57 Å². The van der Waals surface area contributed by atoms with Gasteiger partial charge in [0.1, 0.15) is 0 Å². The molecule has 0 unspecified atom stereocenters. The number of unbranched alkanes of at least 4 members (excludes halogenated alkanes) is 1. The average Bonchev–Trinajstić information content (AvgIpc) is 2.33. The van der Waals surface area contributed by atoms with Crippen molar-refractivity contribution in [2.45, 2.75) is 19.4 Å². The van der Waals surface area contributed by atoms with E-state index in [0.717, 1.165) is 23.9 Å². The summed E-state index contributed by atoms with van der Waals surface area (Å²) in [5.74, 6) is 0. The highest BCUT2D eigenvalue weighted by Gasteiger charge is 2.00. The number of aryl methyl sites for hydroxylation is 1. The fraction of sp³-hybridized carbons (Fsp3) is 0.231. The van der Waals surface area contributed by atoms with Crippen LogP contribution in [0.25, 0.3) is 10.9 Å². The monoisotopic (exact) mass is 212 g/mol. The maximum absolute atomic E-state index is 11.6. The summed E-state index contributed by atoms with van der Waals surface area (Å²) in [6.07, 6.45) is 3.14. The fourth-order valence-corrected chi connectivity index (χ4v) is 1.78. The lowest BCUT2D eigenvalue weighted by Gasteiger charge is -2.08. The first kappa shape index (κ1) is 10.4. The van der Waals surface area contributed by atoms with Crippen molar-refractivity contribution >= 4 is 10.9 Å². The van der Waals surface area contributed by atoms with Crippen molar-refractivity contribution in [1.29, 1.82) is 5.26 Å². The molecule has 2 rings (SSSR count). The van der Waals surface area contributed by atoms with Gasteiger partial charge in [0.25, 0.3) is 0 Å². The molecule has 0 spiro atoms. The van der Waals surface area contributed by atoms with E-state index >= 15 is 0 Å². The van der Waals surface area contributed by atoms with E-state index in [-0.39, 0.29) is 5.43 Å². The van der Waals surface area contributed by atoms with Gasteiger partial charge in [-0.3, -0.25) is 4.79 Å². The van der Waals surface area contributed by atoms with Crippen LogP contribution in [0.2, 0.25) is 0 Å². The number of fused-ring (bicyclic) bond motifs is 1. The van der Waals surface area contributed by atoms with Crippen molar-refractivity contribution < 1.29 is 0 Å². The summed E-state index contributed by atoms with van der Waals surface area (Å²) in [7, 11) is 0. The second-order valence-electron chi connectivity index (χ2n) is 3.65. The van der Waals surface area contributed by atoms with E-state index in [9.17, 15) is 4.79 Å². The number of hydrogen-bond acceptors (Lipinski definition) is 2. The molecule has 80 valence electrons. The van der Waals surface area contributed by atoms with Crippen molar-refractivity contribution in [3.05, 3.63) is 46.8 Å². The zero-order chi connectivity index (χ0) is 11.4. The number of para-hydroxylation sites is 1. The van der Waals surface area contributed by atoms with E-state index in [1.165, 1.54) is 0 Å². The first-order chi connectivity index (χ1) is 7.83. The predicted molar refractivity (Wildman–Crippen MR) is 63.1 cm³/mol. The maximum atomic E-state index is 11.6. The van der Waals surface area contributed by atoms with Gasteiger partial charge in [0.15, 0.2) is 5.43 Å². The van der Waals surface area contributed by atoms with Crippen LogP contribution in [0, 0.1) is 11.3 Å². The zero-order valence-electron chi connectivity index (χ0n) is 8.89. The molecule has 1 aromatic carbocycles. The van der Waals surface area contributed by atoms with Crippen molar-refractivity contribution in [2.24, 2.45) is 0 Å². The Hall–Kier alpha value is -2.08. The number of hydrogen-bond donors (Lipinski definition) is 0. The third-order valence-electron chi connectivity index (χ3n) is 2.57. The number of nitriles is 1. The Balaban J connectivity index is 2.43. The summed E-state index contributed by atoms with van der Waals surface area (Å²) >= 11 is 0. The first-order valence-corrected chi connectivity index (χ1v) is 5.28. The van der Waals surface area contributed by atoms with Gasteiger partial charge in [-0.1, -0.05) is 12.1 Å². The minimum Gasteiger partial charge on any atom is -0.347 e. The molecule has 0 saturated carbocycles. The predicted octanol–water partition coefficient (Wildman–Crippen LogP) is 2.31. The van der Waals surface area contributed by atoms with Crippen molar-refractivity contribution in [1.82, 2.24) is 4.57 Å². The minimum atomic E-state index is 0.0483. The second-order valence-corrected chi connectivity index (χ2v) is 3.65. The van der Waals surface area contributed by atoms with Crippen LogP contribution in [-0.4, -0.2) is 4.57 Å². The van der Waals surface area contributed by atoms with Gasteiger partial charge in [0.05, 0.1) is 11.6 Å². The van der Waals surface area contributed by atoms with E-state index in [0.29, 0.717) is 6.42 Å². The topological polar surface area (TPSA) is 45.8 Å². The second kappa shape index (κ2) is 4.63. The van der Waals surface area contributed by atoms with Crippen LogP contribution >= 0.6 is 0 Å². The minimum absolute atomic E-state index is 0.0483. The maximum Gasteiger partial charge on any atom is 0.189 e.